The fourth-order valence-electron chi connectivity index (χ4n) is 1.68. The van der Waals surface area contributed by atoms with E-state index in [4.69, 9.17) is 5.73 Å². The number of aryl methyl sites for hydroxylation is 1. The molecule has 2 aromatic rings. The van der Waals surface area contributed by atoms with Gasteiger partial charge in [-0.2, -0.15) is 0 Å². The van der Waals surface area contributed by atoms with E-state index in [1.165, 1.54) is 12.1 Å². The van der Waals surface area contributed by atoms with Crippen molar-refractivity contribution in [2.45, 2.75) is 11.8 Å². The van der Waals surface area contributed by atoms with Crippen LogP contribution in [-0.2, 0) is 10.0 Å². The molecular weight excluding hydrogens is 408 g/mol. The summed E-state index contributed by atoms with van der Waals surface area (Å²) in [6, 6.07) is 9.85. The third-order valence-electron chi connectivity index (χ3n) is 2.58. The summed E-state index contributed by atoms with van der Waals surface area (Å²) in [5.41, 5.74) is 7.60. The Morgan fingerprint density at radius 3 is 2.40 bits per heavy atom. The Morgan fingerprint density at radius 2 is 1.80 bits per heavy atom. The number of halogens is 2. The fraction of sp³-hybridized carbons (Fsp3) is 0.0769. The van der Waals surface area contributed by atoms with E-state index in [0.717, 1.165) is 10.0 Å². The molecule has 0 amide bonds. The molecule has 20 heavy (non-hydrogen) atoms. The second-order valence-corrected chi connectivity index (χ2v) is 7.76. The molecule has 3 N–H and O–H groups in total. The number of rotatable bonds is 3. The third kappa shape index (κ3) is 3.53. The number of nitrogen functional groups attached to an aromatic ring is 1. The quantitative estimate of drug-likeness (QED) is 0.741. The molecule has 0 radical (unpaired) electrons. The van der Waals surface area contributed by atoms with Gasteiger partial charge < -0.3 is 5.73 Å². The zero-order valence-electron chi connectivity index (χ0n) is 10.5. The van der Waals surface area contributed by atoms with Crippen LogP contribution >= 0.6 is 31.9 Å². The van der Waals surface area contributed by atoms with Crippen LogP contribution < -0.4 is 10.5 Å². The van der Waals surface area contributed by atoms with E-state index >= 15 is 0 Å². The molecule has 0 unspecified atom stereocenters. The van der Waals surface area contributed by atoms with Gasteiger partial charge in [-0.1, -0.05) is 15.9 Å². The van der Waals surface area contributed by atoms with Crippen molar-refractivity contribution in [1.29, 1.82) is 0 Å². The largest absolute Gasteiger partial charge is 0.398 e. The van der Waals surface area contributed by atoms with Gasteiger partial charge in [0.25, 0.3) is 10.0 Å². The predicted molar refractivity (Wildman–Crippen MR) is 88.2 cm³/mol. The second-order valence-electron chi connectivity index (χ2n) is 4.31. The SMILES string of the molecule is Cc1cc(Br)cc(NS(=O)(=O)c2ccc(N)c(Br)c2)c1. The van der Waals surface area contributed by atoms with Gasteiger partial charge in [-0.3, -0.25) is 4.72 Å². The number of hydrogen-bond acceptors (Lipinski definition) is 3. The van der Waals surface area contributed by atoms with Gasteiger partial charge in [0.2, 0.25) is 0 Å². The van der Waals surface area contributed by atoms with Crippen LogP contribution in [0.4, 0.5) is 11.4 Å². The molecule has 4 nitrogen and oxygen atoms in total. The van der Waals surface area contributed by atoms with E-state index in [2.05, 4.69) is 36.6 Å². The number of nitrogens with two attached hydrogens (primary N) is 1. The number of sulfonamides is 1. The van der Waals surface area contributed by atoms with Crippen molar-refractivity contribution in [3.8, 4) is 0 Å². The summed E-state index contributed by atoms with van der Waals surface area (Å²) in [6.07, 6.45) is 0. The van der Waals surface area contributed by atoms with E-state index < -0.39 is 10.0 Å². The van der Waals surface area contributed by atoms with Crippen LogP contribution in [0, 0.1) is 6.92 Å². The van der Waals surface area contributed by atoms with Crippen LogP contribution in [0.25, 0.3) is 0 Å². The van der Waals surface area contributed by atoms with Crippen LogP contribution in [0.2, 0.25) is 0 Å². The number of hydrogen-bond donors (Lipinski definition) is 2. The lowest BCUT2D eigenvalue weighted by molar-refractivity contribution is 0.601. The van der Waals surface area contributed by atoms with Gasteiger partial charge >= 0.3 is 0 Å². The van der Waals surface area contributed by atoms with Gasteiger partial charge in [-0.05, 0) is 64.8 Å². The van der Waals surface area contributed by atoms with Gasteiger partial charge in [0.15, 0.2) is 0 Å². The number of anilines is 2. The molecule has 2 rings (SSSR count). The Hall–Kier alpha value is -1.05. The first-order valence-electron chi connectivity index (χ1n) is 5.63. The molecule has 0 atom stereocenters. The van der Waals surface area contributed by atoms with Crippen LogP contribution in [0.5, 0.6) is 0 Å². The monoisotopic (exact) mass is 418 g/mol. The molecule has 0 bridgehead atoms. The lowest BCUT2D eigenvalue weighted by Crippen LogP contribution is -2.13. The minimum Gasteiger partial charge on any atom is -0.398 e. The number of benzene rings is 2. The zero-order valence-corrected chi connectivity index (χ0v) is 14.5. The zero-order chi connectivity index (χ0) is 14.9. The molecule has 0 spiro atoms. The Morgan fingerprint density at radius 1 is 1.10 bits per heavy atom. The molecule has 0 saturated heterocycles. The summed E-state index contributed by atoms with van der Waals surface area (Å²) in [4.78, 5) is 0.149. The molecule has 2 aromatic carbocycles. The average Bonchev–Trinajstić information content (AvgIpc) is 2.30. The molecule has 106 valence electrons. The standard InChI is InChI=1S/C13H12Br2N2O2S/c1-8-4-9(14)6-10(5-8)17-20(18,19)11-2-3-13(16)12(15)7-11/h2-7,17H,16H2,1H3. The van der Waals surface area contributed by atoms with Crippen molar-refractivity contribution < 1.29 is 8.42 Å². The maximum atomic E-state index is 12.3. The first-order chi connectivity index (χ1) is 9.28. The highest BCUT2D eigenvalue weighted by Crippen LogP contribution is 2.26. The highest BCUT2D eigenvalue weighted by atomic mass is 79.9. The predicted octanol–water partition coefficient (Wildman–Crippen LogP) is 3.90. The van der Waals surface area contributed by atoms with Gasteiger partial charge in [0.1, 0.15) is 0 Å². The van der Waals surface area contributed by atoms with Crippen molar-refractivity contribution in [1.82, 2.24) is 0 Å². The maximum Gasteiger partial charge on any atom is 0.261 e. The van der Waals surface area contributed by atoms with Crippen molar-refractivity contribution in [2.75, 3.05) is 10.5 Å². The average molecular weight is 420 g/mol. The molecule has 0 saturated carbocycles. The molecule has 0 aliphatic carbocycles. The van der Waals surface area contributed by atoms with E-state index in [1.54, 1.807) is 18.2 Å². The summed E-state index contributed by atoms with van der Waals surface area (Å²) in [6.45, 7) is 1.89. The van der Waals surface area contributed by atoms with E-state index in [0.29, 0.717) is 15.8 Å². The summed E-state index contributed by atoms with van der Waals surface area (Å²) in [5, 5.41) is 0. The topological polar surface area (TPSA) is 72.2 Å². The first kappa shape index (κ1) is 15.3. The van der Waals surface area contributed by atoms with E-state index in [9.17, 15) is 8.42 Å². The van der Waals surface area contributed by atoms with Crippen molar-refractivity contribution in [3.05, 3.63) is 50.9 Å². The first-order valence-corrected chi connectivity index (χ1v) is 8.70. The molecule has 0 aliphatic rings. The minimum atomic E-state index is -3.64. The summed E-state index contributed by atoms with van der Waals surface area (Å²) in [7, 11) is -3.64. The van der Waals surface area contributed by atoms with Gasteiger partial charge in [0.05, 0.1) is 10.6 Å². The molecule has 0 aliphatic heterocycles. The van der Waals surface area contributed by atoms with Crippen LogP contribution in [0.1, 0.15) is 5.56 Å². The second kappa shape index (κ2) is 5.75. The van der Waals surface area contributed by atoms with E-state index in [-0.39, 0.29) is 4.90 Å². The fourth-order valence-corrected chi connectivity index (χ4v) is 3.89. The summed E-state index contributed by atoms with van der Waals surface area (Å²) >= 11 is 6.56. The highest BCUT2D eigenvalue weighted by molar-refractivity contribution is 9.10. The highest BCUT2D eigenvalue weighted by Gasteiger charge is 2.15. The molecular formula is C13H12Br2N2O2S. The molecule has 0 fully saturated rings. The Labute approximate surface area is 134 Å². The lowest BCUT2D eigenvalue weighted by Gasteiger charge is -2.10. The van der Waals surface area contributed by atoms with Crippen molar-refractivity contribution >= 4 is 53.3 Å². The lowest BCUT2D eigenvalue weighted by atomic mass is 10.2. The Kier molecular flexibility index (Phi) is 4.41. The van der Waals surface area contributed by atoms with Gasteiger partial charge in [-0.25, -0.2) is 8.42 Å². The van der Waals surface area contributed by atoms with Crippen molar-refractivity contribution in [3.63, 3.8) is 0 Å². The maximum absolute atomic E-state index is 12.3. The van der Waals surface area contributed by atoms with Gasteiger partial charge in [-0.15, -0.1) is 0 Å². The third-order valence-corrected chi connectivity index (χ3v) is 5.10. The van der Waals surface area contributed by atoms with Gasteiger partial charge in [0, 0.05) is 14.6 Å². The summed E-state index contributed by atoms with van der Waals surface area (Å²) in [5.74, 6) is 0. The number of nitrogens with one attached hydrogen (secondary N) is 1. The normalized spacial score (nSPS) is 11.3. The van der Waals surface area contributed by atoms with Crippen molar-refractivity contribution in [2.24, 2.45) is 0 Å². The van der Waals surface area contributed by atoms with Crippen LogP contribution in [0.3, 0.4) is 0 Å². The smallest absolute Gasteiger partial charge is 0.261 e. The molecule has 0 aromatic heterocycles. The Balaban J connectivity index is 2.37. The molecule has 7 heteroatoms. The van der Waals surface area contributed by atoms with Crippen LogP contribution in [0.15, 0.2) is 50.2 Å². The molecule has 0 heterocycles. The Bertz CT molecular complexity index is 741. The van der Waals surface area contributed by atoms with E-state index in [1.807, 2.05) is 13.0 Å². The summed E-state index contributed by atoms with van der Waals surface area (Å²) < 4.78 is 28.5. The minimum absolute atomic E-state index is 0.149. The van der Waals surface area contributed by atoms with Crippen LogP contribution in [-0.4, -0.2) is 8.42 Å².